The number of dihydropyridines is 1. The Balaban J connectivity index is 2.24. The summed E-state index contributed by atoms with van der Waals surface area (Å²) in [6.07, 6.45) is 6.26. The van der Waals surface area contributed by atoms with Gasteiger partial charge in [-0.1, -0.05) is 18.2 Å². The van der Waals surface area contributed by atoms with Crippen molar-refractivity contribution in [2.45, 2.75) is 25.8 Å². The van der Waals surface area contributed by atoms with E-state index in [1.807, 2.05) is 31.3 Å². The van der Waals surface area contributed by atoms with Crippen LogP contribution in [0.5, 0.6) is 0 Å². The summed E-state index contributed by atoms with van der Waals surface area (Å²) < 4.78 is 0. The second-order valence-electron chi connectivity index (χ2n) is 3.65. The molecule has 2 unspecified atom stereocenters. The number of nitrogens with zero attached hydrogens (tertiary/aromatic N) is 2. The Morgan fingerprint density at radius 3 is 2.71 bits per heavy atom. The van der Waals surface area contributed by atoms with Gasteiger partial charge < -0.3 is 0 Å². The smallest absolute Gasteiger partial charge is 0.0648 e. The van der Waals surface area contributed by atoms with Crippen LogP contribution in [0.25, 0.3) is 0 Å². The fraction of sp³-hybridized carbons (Fsp3) is 0.333. The highest BCUT2D eigenvalue weighted by atomic mass is 14.8. The van der Waals surface area contributed by atoms with Crippen LogP contribution < -0.4 is 0 Å². The lowest BCUT2D eigenvalue weighted by atomic mass is 10.0. The van der Waals surface area contributed by atoms with Gasteiger partial charge >= 0.3 is 0 Å². The molecule has 2 heteroatoms. The molecule has 0 fully saturated rings. The number of aryl methyl sites for hydroxylation is 1. The lowest BCUT2D eigenvalue weighted by molar-refractivity contribution is 0.878. The molecule has 1 aromatic heterocycles. The van der Waals surface area contributed by atoms with Gasteiger partial charge in [-0.2, -0.15) is 0 Å². The number of pyridine rings is 1. The van der Waals surface area contributed by atoms with Gasteiger partial charge in [-0.05, 0) is 26.0 Å². The van der Waals surface area contributed by atoms with E-state index in [4.69, 9.17) is 0 Å². The van der Waals surface area contributed by atoms with Gasteiger partial charge in [0.2, 0.25) is 0 Å². The van der Waals surface area contributed by atoms with Gasteiger partial charge in [-0.15, -0.1) is 0 Å². The monoisotopic (exact) mass is 186 g/mol. The highest BCUT2D eigenvalue weighted by Gasteiger charge is 2.10. The van der Waals surface area contributed by atoms with Crippen LogP contribution in [0.1, 0.15) is 24.2 Å². The lowest BCUT2D eigenvalue weighted by Gasteiger charge is -2.13. The molecule has 1 aliphatic rings. The molecule has 14 heavy (non-hydrogen) atoms. The number of allylic oxidation sites excluding steroid dienone is 1. The van der Waals surface area contributed by atoms with E-state index < -0.39 is 0 Å². The molecule has 1 aliphatic heterocycles. The summed E-state index contributed by atoms with van der Waals surface area (Å²) in [4.78, 5) is 8.84. The molecular weight excluding hydrogens is 172 g/mol. The molecule has 0 bridgehead atoms. The fourth-order valence-corrected chi connectivity index (χ4v) is 1.53. The molecule has 0 spiro atoms. The maximum atomic E-state index is 4.48. The predicted octanol–water partition coefficient (Wildman–Crippen LogP) is 2.50. The van der Waals surface area contributed by atoms with Crippen molar-refractivity contribution in [3.63, 3.8) is 0 Å². The normalized spacial score (nSPS) is 25.3. The van der Waals surface area contributed by atoms with Gasteiger partial charge in [0.25, 0.3) is 0 Å². The standard InChI is InChI=1S/C12H14N2/c1-9-6-7-11(8-13-9)12-5-3-4-10(2)14-12/h3-9,11H,1-2H3. The van der Waals surface area contributed by atoms with Crippen LogP contribution in [-0.2, 0) is 0 Å². The number of rotatable bonds is 1. The van der Waals surface area contributed by atoms with Crippen LogP contribution >= 0.6 is 0 Å². The molecule has 2 atom stereocenters. The highest BCUT2D eigenvalue weighted by Crippen LogP contribution is 2.17. The molecule has 0 amide bonds. The van der Waals surface area contributed by atoms with Crippen molar-refractivity contribution in [2.24, 2.45) is 4.99 Å². The first-order valence-electron chi connectivity index (χ1n) is 4.91. The number of hydrogen-bond donors (Lipinski definition) is 0. The lowest BCUT2D eigenvalue weighted by Crippen LogP contribution is -2.08. The predicted molar refractivity (Wildman–Crippen MR) is 58.8 cm³/mol. The minimum Gasteiger partial charge on any atom is -0.289 e. The Morgan fingerprint density at radius 2 is 2.07 bits per heavy atom. The quantitative estimate of drug-likeness (QED) is 0.618. The molecule has 0 aromatic carbocycles. The second-order valence-corrected chi connectivity index (χ2v) is 3.65. The van der Waals surface area contributed by atoms with Crippen molar-refractivity contribution in [3.05, 3.63) is 41.7 Å². The molecule has 0 radical (unpaired) electrons. The third-order valence-electron chi connectivity index (χ3n) is 2.33. The summed E-state index contributed by atoms with van der Waals surface area (Å²) in [7, 11) is 0. The molecule has 1 aromatic rings. The average Bonchev–Trinajstić information content (AvgIpc) is 2.19. The van der Waals surface area contributed by atoms with Crippen LogP contribution in [0.3, 0.4) is 0 Å². The van der Waals surface area contributed by atoms with Crippen LogP contribution in [0.2, 0.25) is 0 Å². The SMILES string of the molecule is Cc1cccc(C2C=CC(C)N=C2)n1. The molecule has 0 N–H and O–H groups in total. The third kappa shape index (κ3) is 1.90. The minimum atomic E-state index is 0.256. The van der Waals surface area contributed by atoms with E-state index in [1.54, 1.807) is 0 Å². The van der Waals surface area contributed by atoms with Crippen molar-refractivity contribution < 1.29 is 0 Å². The molecule has 72 valence electrons. The highest BCUT2D eigenvalue weighted by molar-refractivity contribution is 5.71. The molecule has 2 nitrogen and oxygen atoms in total. The molecular formula is C12H14N2. The maximum absolute atomic E-state index is 4.48. The summed E-state index contributed by atoms with van der Waals surface area (Å²) in [5.41, 5.74) is 2.14. The Hall–Kier alpha value is -1.44. The number of aliphatic imine (C=N–C) groups is 1. The van der Waals surface area contributed by atoms with Crippen molar-refractivity contribution in [1.29, 1.82) is 0 Å². The average molecular weight is 186 g/mol. The van der Waals surface area contributed by atoms with Gasteiger partial charge in [0.1, 0.15) is 0 Å². The zero-order chi connectivity index (χ0) is 9.97. The summed E-state index contributed by atoms with van der Waals surface area (Å²) in [6, 6.07) is 6.41. The molecule has 2 heterocycles. The second kappa shape index (κ2) is 3.74. The van der Waals surface area contributed by atoms with E-state index in [0.717, 1.165) is 11.4 Å². The fourth-order valence-electron chi connectivity index (χ4n) is 1.53. The van der Waals surface area contributed by atoms with Gasteiger partial charge in [0.05, 0.1) is 17.7 Å². The summed E-state index contributed by atoms with van der Waals surface area (Å²) >= 11 is 0. The van der Waals surface area contributed by atoms with E-state index in [-0.39, 0.29) is 5.92 Å². The van der Waals surface area contributed by atoms with Gasteiger partial charge in [-0.25, -0.2) is 0 Å². The molecule has 0 aliphatic carbocycles. The number of aromatic nitrogens is 1. The minimum absolute atomic E-state index is 0.256. The number of hydrogen-bond acceptors (Lipinski definition) is 2. The first-order chi connectivity index (χ1) is 6.75. The zero-order valence-corrected chi connectivity index (χ0v) is 8.51. The van der Waals surface area contributed by atoms with Gasteiger partial charge in [-0.3, -0.25) is 9.98 Å². The Labute approximate surface area is 84.4 Å². The maximum Gasteiger partial charge on any atom is 0.0648 e. The van der Waals surface area contributed by atoms with Gasteiger partial charge in [0.15, 0.2) is 0 Å². The molecule has 2 rings (SSSR count). The van der Waals surface area contributed by atoms with E-state index in [9.17, 15) is 0 Å². The zero-order valence-electron chi connectivity index (χ0n) is 8.51. The van der Waals surface area contributed by atoms with Crippen molar-refractivity contribution in [3.8, 4) is 0 Å². The topological polar surface area (TPSA) is 25.2 Å². The van der Waals surface area contributed by atoms with E-state index in [0.29, 0.717) is 6.04 Å². The molecule has 0 saturated heterocycles. The van der Waals surface area contributed by atoms with Crippen LogP contribution in [0.15, 0.2) is 35.3 Å². The first-order valence-corrected chi connectivity index (χ1v) is 4.91. The van der Waals surface area contributed by atoms with Gasteiger partial charge in [0, 0.05) is 11.9 Å². The van der Waals surface area contributed by atoms with Crippen molar-refractivity contribution in [1.82, 2.24) is 4.98 Å². The largest absolute Gasteiger partial charge is 0.289 e. The Kier molecular flexibility index (Phi) is 2.44. The Morgan fingerprint density at radius 1 is 1.21 bits per heavy atom. The van der Waals surface area contributed by atoms with E-state index >= 15 is 0 Å². The van der Waals surface area contributed by atoms with Crippen LogP contribution in [0.4, 0.5) is 0 Å². The summed E-state index contributed by atoms with van der Waals surface area (Å²) in [5.74, 6) is 0.256. The van der Waals surface area contributed by atoms with E-state index in [1.165, 1.54) is 0 Å². The summed E-state index contributed by atoms with van der Waals surface area (Å²) in [6.45, 7) is 4.09. The molecule has 0 saturated carbocycles. The summed E-state index contributed by atoms with van der Waals surface area (Å²) in [5, 5.41) is 0. The van der Waals surface area contributed by atoms with Crippen LogP contribution in [0, 0.1) is 6.92 Å². The first kappa shape index (κ1) is 9.13. The Bertz CT molecular complexity index is 366. The van der Waals surface area contributed by atoms with E-state index in [2.05, 4.69) is 29.1 Å². The van der Waals surface area contributed by atoms with Crippen molar-refractivity contribution in [2.75, 3.05) is 0 Å². The van der Waals surface area contributed by atoms with Crippen LogP contribution in [-0.4, -0.2) is 17.2 Å². The third-order valence-corrected chi connectivity index (χ3v) is 2.33. The van der Waals surface area contributed by atoms with Crippen molar-refractivity contribution >= 4 is 6.21 Å².